The van der Waals surface area contributed by atoms with Crippen LogP contribution in [0.5, 0.6) is 0 Å². The van der Waals surface area contributed by atoms with E-state index in [0.717, 1.165) is 0 Å². The van der Waals surface area contributed by atoms with E-state index in [1.807, 2.05) is 0 Å². The van der Waals surface area contributed by atoms with Crippen LogP contribution in [0.25, 0.3) is 0 Å². The zero-order valence-electron chi connectivity index (χ0n) is 12.1. The van der Waals surface area contributed by atoms with Crippen LogP contribution in [-0.4, -0.2) is 67.3 Å². The standard InChI is InChI=1S/C15H24O6/c1-4-7-18-10-11-13(19-8-5-2)14(20-9-6-3)12(16)15(17)21-11/h4-6,11-17H,1-3,7-10H2/t11-,12-,13-,14-,15-/m1/s1. The first-order valence-corrected chi connectivity index (χ1v) is 6.80. The van der Waals surface area contributed by atoms with Crippen LogP contribution in [-0.2, 0) is 18.9 Å². The number of aliphatic hydroxyl groups excluding tert-OH is 2. The molecule has 5 atom stereocenters. The highest BCUT2D eigenvalue weighted by Gasteiger charge is 2.46. The van der Waals surface area contributed by atoms with Gasteiger partial charge in [-0.2, -0.15) is 0 Å². The molecule has 1 fully saturated rings. The lowest BCUT2D eigenvalue weighted by molar-refractivity contribution is -0.300. The first-order valence-electron chi connectivity index (χ1n) is 6.80. The number of hydrogen-bond donors (Lipinski definition) is 2. The molecule has 120 valence electrons. The van der Waals surface area contributed by atoms with E-state index in [-0.39, 0.29) is 19.8 Å². The summed E-state index contributed by atoms with van der Waals surface area (Å²) < 4.78 is 21.8. The lowest BCUT2D eigenvalue weighted by atomic mass is 9.98. The van der Waals surface area contributed by atoms with E-state index in [9.17, 15) is 10.2 Å². The van der Waals surface area contributed by atoms with Crippen LogP contribution in [0.2, 0.25) is 0 Å². The van der Waals surface area contributed by atoms with Gasteiger partial charge < -0.3 is 29.2 Å². The van der Waals surface area contributed by atoms with E-state index in [1.54, 1.807) is 18.2 Å². The van der Waals surface area contributed by atoms with Crippen LogP contribution in [0.3, 0.4) is 0 Å². The van der Waals surface area contributed by atoms with E-state index in [2.05, 4.69) is 19.7 Å². The van der Waals surface area contributed by atoms with Gasteiger partial charge in [0.15, 0.2) is 6.29 Å². The Morgan fingerprint density at radius 1 is 0.905 bits per heavy atom. The Morgan fingerprint density at radius 2 is 1.48 bits per heavy atom. The second-order valence-electron chi connectivity index (χ2n) is 4.56. The molecule has 0 radical (unpaired) electrons. The minimum Gasteiger partial charge on any atom is -0.385 e. The molecule has 1 saturated heterocycles. The Morgan fingerprint density at radius 3 is 2.05 bits per heavy atom. The smallest absolute Gasteiger partial charge is 0.184 e. The Kier molecular flexibility index (Phi) is 8.44. The van der Waals surface area contributed by atoms with Crippen molar-refractivity contribution in [1.82, 2.24) is 0 Å². The van der Waals surface area contributed by atoms with Crippen molar-refractivity contribution >= 4 is 0 Å². The molecule has 0 spiro atoms. The van der Waals surface area contributed by atoms with E-state index < -0.39 is 30.7 Å². The molecule has 6 heteroatoms. The monoisotopic (exact) mass is 300 g/mol. The fourth-order valence-corrected chi connectivity index (χ4v) is 2.06. The molecule has 0 aromatic heterocycles. The summed E-state index contributed by atoms with van der Waals surface area (Å²) in [5.41, 5.74) is 0. The van der Waals surface area contributed by atoms with Gasteiger partial charge in [0.25, 0.3) is 0 Å². The van der Waals surface area contributed by atoms with Crippen LogP contribution in [0.4, 0.5) is 0 Å². The Balaban J connectivity index is 2.78. The van der Waals surface area contributed by atoms with Crippen molar-refractivity contribution in [3.63, 3.8) is 0 Å². The fourth-order valence-electron chi connectivity index (χ4n) is 2.06. The van der Waals surface area contributed by atoms with Crippen LogP contribution in [0, 0.1) is 0 Å². The predicted octanol–water partition coefficient (Wildman–Crippen LogP) is 0.409. The molecule has 0 unspecified atom stereocenters. The van der Waals surface area contributed by atoms with Gasteiger partial charge in [-0.05, 0) is 0 Å². The molecular weight excluding hydrogens is 276 g/mol. The van der Waals surface area contributed by atoms with E-state index >= 15 is 0 Å². The minimum atomic E-state index is -1.36. The third-order valence-electron chi connectivity index (χ3n) is 2.96. The summed E-state index contributed by atoms with van der Waals surface area (Å²) >= 11 is 0. The second kappa shape index (κ2) is 9.83. The highest BCUT2D eigenvalue weighted by molar-refractivity contribution is 4.92. The molecule has 0 aliphatic carbocycles. The summed E-state index contributed by atoms with van der Waals surface area (Å²) in [4.78, 5) is 0. The zero-order chi connectivity index (χ0) is 15.7. The summed E-state index contributed by atoms with van der Waals surface area (Å²) in [6.07, 6.45) is 0.273. The molecule has 0 amide bonds. The van der Waals surface area contributed by atoms with Gasteiger partial charge in [-0.3, -0.25) is 0 Å². The molecule has 0 aromatic carbocycles. The van der Waals surface area contributed by atoms with Gasteiger partial charge >= 0.3 is 0 Å². The molecule has 1 rings (SSSR count). The number of ether oxygens (including phenoxy) is 4. The zero-order valence-corrected chi connectivity index (χ0v) is 12.1. The quantitative estimate of drug-likeness (QED) is 0.449. The number of aliphatic hydroxyl groups is 2. The van der Waals surface area contributed by atoms with Gasteiger partial charge in [0.05, 0.1) is 26.4 Å². The van der Waals surface area contributed by atoms with Crippen LogP contribution < -0.4 is 0 Å². The molecule has 21 heavy (non-hydrogen) atoms. The third kappa shape index (κ3) is 5.35. The SMILES string of the molecule is C=CCOC[C@H]1O[C@@H](O)[C@H](O)[C@@H](OCC=C)[C@@H]1OCC=C. The van der Waals surface area contributed by atoms with Crippen molar-refractivity contribution in [1.29, 1.82) is 0 Å². The van der Waals surface area contributed by atoms with Crippen molar-refractivity contribution in [2.75, 3.05) is 26.4 Å². The molecule has 6 nitrogen and oxygen atoms in total. The third-order valence-corrected chi connectivity index (χ3v) is 2.96. The molecule has 1 aliphatic heterocycles. The Hall–Kier alpha value is -1.02. The van der Waals surface area contributed by atoms with Crippen LogP contribution >= 0.6 is 0 Å². The molecule has 0 aromatic rings. The molecule has 1 aliphatic rings. The predicted molar refractivity (Wildman–Crippen MR) is 77.8 cm³/mol. The highest BCUT2D eigenvalue weighted by atomic mass is 16.7. The molecule has 0 bridgehead atoms. The van der Waals surface area contributed by atoms with E-state index in [4.69, 9.17) is 18.9 Å². The summed E-state index contributed by atoms with van der Waals surface area (Å²) in [5, 5.41) is 19.8. The van der Waals surface area contributed by atoms with Gasteiger partial charge in [0, 0.05) is 0 Å². The maximum atomic E-state index is 10.0. The van der Waals surface area contributed by atoms with E-state index in [1.165, 1.54) is 0 Å². The largest absolute Gasteiger partial charge is 0.385 e. The van der Waals surface area contributed by atoms with Crippen LogP contribution in [0.1, 0.15) is 0 Å². The number of rotatable bonds is 10. The van der Waals surface area contributed by atoms with Crippen molar-refractivity contribution in [3.05, 3.63) is 38.0 Å². The maximum absolute atomic E-state index is 10.0. The second-order valence-corrected chi connectivity index (χ2v) is 4.56. The van der Waals surface area contributed by atoms with Gasteiger partial charge in [0.2, 0.25) is 0 Å². The lowest BCUT2D eigenvalue weighted by Gasteiger charge is -2.42. The van der Waals surface area contributed by atoms with Crippen LogP contribution in [0.15, 0.2) is 38.0 Å². The fraction of sp³-hybridized carbons (Fsp3) is 0.600. The molecule has 2 N–H and O–H groups in total. The van der Waals surface area contributed by atoms with Crippen molar-refractivity contribution in [2.45, 2.75) is 30.7 Å². The first-order chi connectivity index (χ1) is 10.2. The summed E-state index contributed by atoms with van der Waals surface area (Å²) in [7, 11) is 0. The Bertz CT molecular complexity index is 332. The molecule has 1 heterocycles. The molecule has 0 saturated carbocycles. The van der Waals surface area contributed by atoms with Gasteiger partial charge in [-0.1, -0.05) is 18.2 Å². The van der Waals surface area contributed by atoms with E-state index in [0.29, 0.717) is 6.61 Å². The summed E-state index contributed by atoms with van der Waals surface area (Å²) in [6.45, 7) is 11.7. The minimum absolute atomic E-state index is 0.186. The topological polar surface area (TPSA) is 77.4 Å². The van der Waals surface area contributed by atoms with Gasteiger partial charge in [0.1, 0.15) is 24.4 Å². The van der Waals surface area contributed by atoms with Crippen molar-refractivity contribution < 1.29 is 29.2 Å². The van der Waals surface area contributed by atoms with Crippen molar-refractivity contribution in [3.8, 4) is 0 Å². The highest BCUT2D eigenvalue weighted by Crippen LogP contribution is 2.25. The van der Waals surface area contributed by atoms with Gasteiger partial charge in [-0.25, -0.2) is 0 Å². The number of hydrogen-bond acceptors (Lipinski definition) is 6. The van der Waals surface area contributed by atoms with Gasteiger partial charge in [-0.15, -0.1) is 19.7 Å². The molecular formula is C15H24O6. The maximum Gasteiger partial charge on any atom is 0.184 e. The van der Waals surface area contributed by atoms with Crippen molar-refractivity contribution in [2.24, 2.45) is 0 Å². The first kappa shape index (κ1) is 18.0. The lowest BCUT2D eigenvalue weighted by Crippen LogP contribution is -2.60. The summed E-state index contributed by atoms with van der Waals surface area (Å²) in [5.74, 6) is 0. The average molecular weight is 300 g/mol. The summed E-state index contributed by atoms with van der Waals surface area (Å²) in [6, 6.07) is 0. The average Bonchev–Trinajstić information content (AvgIpc) is 2.48. The normalized spacial score (nSPS) is 32.6. The Labute approximate surface area is 125 Å².